The van der Waals surface area contributed by atoms with Gasteiger partial charge in [0.2, 0.25) is 0 Å². The summed E-state index contributed by atoms with van der Waals surface area (Å²) in [4.78, 5) is 0. The normalized spacial score (nSPS) is 29.6. The highest BCUT2D eigenvalue weighted by Crippen LogP contribution is 2.41. The third-order valence-corrected chi connectivity index (χ3v) is 4.58. The number of anilines is 1. The number of hydrogen-bond acceptors (Lipinski definition) is 3. The van der Waals surface area contributed by atoms with Crippen LogP contribution in [0.3, 0.4) is 0 Å². The molecular weight excluding hydrogens is 238 g/mol. The van der Waals surface area contributed by atoms with E-state index in [1.807, 2.05) is 18.2 Å². The first-order chi connectivity index (χ1) is 9.17. The highest BCUT2D eigenvalue weighted by molar-refractivity contribution is 5.48. The summed E-state index contributed by atoms with van der Waals surface area (Å²) in [6.07, 6.45) is 7.52. The maximum Gasteiger partial charge on any atom is 0.0902 e. The minimum Gasteiger partial charge on any atom is -0.399 e. The zero-order valence-corrected chi connectivity index (χ0v) is 11.4. The monoisotopic (exact) mass is 261 g/mol. The van der Waals surface area contributed by atoms with E-state index in [1.165, 1.54) is 18.4 Å². The number of benzene rings is 1. The Balaban J connectivity index is 1.61. The van der Waals surface area contributed by atoms with Crippen molar-refractivity contribution < 1.29 is 9.84 Å². The smallest absolute Gasteiger partial charge is 0.0902 e. The Morgan fingerprint density at radius 3 is 3.11 bits per heavy atom. The minimum absolute atomic E-state index is 0.427. The van der Waals surface area contributed by atoms with Gasteiger partial charge in [-0.05, 0) is 68.2 Å². The second-order valence-corrected chi connectivity index (χ2v) is 5.98. The topological polar surface area (TPSA) is 55.5 Å². The summed E-state index contributed by atoms with van der Waals surface area (Å²) in [5, 5.41) is 10.8. The molecule has 1 aromatic rings. The van der Waals surface area contributed by atoms with E-state index in [-0.39, 0.29) is 0 Å². The molecule has 1 aliphatic carbocycles. The Kier molecular flexibility index (Phi) is 3.50. The Labute approximate surface area is 114 Å². The number of hydrogen-bond donors (Lipinski definition) is 2. The number of aliphatic hydroxyl groups is 1. The van der Waals surface area contributed by atoms with Crippen LogP contribution in [0, 0.1) is 0 Å². The van der Waals surface area contributed by atoms with Crippen LogP contribution in [0.4, 0.5) is 5.69 Å². The Hall–Kier alpha value is -1.06. The summed E-state index contributed by atoms with van der Waals surface area (Å²) in [5.74, 6) is 0. The van der Waals surface area contributed by atoms with E-state index < -0.39 is 5.60 Å². The van der Waals surface area contributed by atoms with Crippen LogP contribution in [-0.2, 0) is 16.8 Å². The summed E-state index contributed by atoms with van der Waals surface area (Å²) in [5.41, 5.74) is 8.27. The molecule has 3 N–H and O–H groups in total. The number of aryl methyl sites for hydroxylation is 1. The quantitative estimate of drug-likeness (QED) is 0.819. The summed E-state index contributed by atoms with van der Waals surface area (Å²) in [7, 11) is 0. The molecule has 1 fully saturated rings. The zero-order valence-electron chi connectivity index (χ0n) is 11.4. The largest absolute Gasteiger partial charge is 0.399 e. The van der Waals surface area contributed by atoms with Gasteiger partial charge in [-0.1, -0.05) is 6.07 Å². The van der Waals surface area contributed by atoms with Crippen LogP contribution in [0.5, 0.6) is 0 Å². The molecule has 0 spiro atoms. The molecule has 19 heavy (non-hydrogen) atoms. The molecule has 3 heteroatoms. The lowest BCUT2D eigenvalue weighted by atomic mass is 9.89. The molecule has 0 bridgehead atoms. The van der Waals surface area contributed by atoms with E-state index in [0.717, 1.165) is 50.0 Å². The van der Waals surface area contributed by atoms with Crippen molar-refractivity contribution in [1.29, 1.82) is 0 Å². The first-order valence-electron chi connectivity index (χ1n) is 7.40. The van der Waals surface area contributed by atoms with Crippen LogP contribution >= 0.6 is 0 Å². The van der Waals surface area contributed by atoms with E-state index in [1.54, 1.807) is 0 Å². The van der Waals surface area contributed by atoms with Gasteiger partial charge >= 0.3 is 0 Å². The predicted octanol–water partition coefficient (Wildman–Crippen LogP) is 2.75. The lowest BCUT2D eigenvalue weighted by molar-refractivity contribution is 0.0211. The van der Waals surface area contributed by atoms with Crippen LogP contribution in [0.1, 0.15) is 49.7 Å². The number of nitrogens with two attached hydrogens (primary N) is 1. The van der Waals surface area contributed by atoms with Crippen LogP contribution in [-0.4, -0.2) is 17.8 Å². The van der Waals surface area contributed by atoms with E-state index in [9.17, 15) is 5.11 Å². The fourth-order valence-corrected chi connectivity index (χ4v) is 3.50. The van der Waals surface area contributed by atoms with E-state index >= 15 is 0 Å². The zero-order chi connectivity index (χ0) is 13.3. The average molecular weight is 261 g/mol. The molecule has 2 unspecified atom stereocenters. The van der Waals surface area contributed by atoms with Gasteiger partial charge in [0, 0.05) is 12.3 Å². The Bertz CT molecular complexity index is 454. The minimum atomic E-state index is -0.637. The maximum absolute atomic E-state index is 10.8. The lowest BCUT2D eigenvalue weighted by Crippen LogP contribution is -2.22. The second kappa shape index (κ2) is 5.14. The van der Waals surface area contributed by atoms with Crippen molar-refractivity contribution >= 4 is 5.69 Å². The van der Waals surface area contributed by atoms with E-state index in [2.05, 4.69) is 0 Å². The molecule has 0 amide bonds. The van der Waals surface area contributed by atoms with Gasteiger partial charge in [0.05, 0.1) is 11.7 Å². The van der Waals surface area contributed by atoms with E-state index in [0.29, 0.717) is 6.10 Å². The highest BCUT2D eigenvalue weighted by Gasteiger charge is 2.36. The summed E-state index contributed by atoms with van der Waals surface area (Å²) in [6, 6.07) is 5.91. The fourth-order valence-electron chi connectivity index (χ4n) is 3.50. The molecule has 1 saturated heterocycles. The Morgan fingerprint density at radius 2 is 2.32 bits per heavy atom. The van der Waals surface area contributed by atoms with Gasteiger partial charge in [-0.25, -0.2) is 0 Å². The SMILES string of the molecule is Nc1ccc2c(c1)CCC2(O)CCCC1CCCO1. The molecule has 2 atom stereocenters. The summed E-state index contributed by atoms with van der Waals surface area (Å²) < 4.78 is 5.64. The van der Waals surface area contributed by atoms with Crippen LogP contribution in [0.15, 0.2) is 18.2 Å². The van der Waals surface area contributed by atoms with Crippen LogP contribution < -0.4 is 5.73 Å². The average Bonchev–Trinajstić information content (AvgIpc) is 2.99. The maximum atomic E-state index is 10.8. The summed E-state index contributed by atoms with van der Waals surface area (Å²) >= 11 is 0. The molecule has 1 heterocycles. The van der Waals surface area contributed by atoms with Gasteiger partial charge in [-0.2, -0.15) is 0 Å². The van der Waals surface area contributed by atoms with Gasteiger partial charge in [0.1, 0.15) is 0 Å². The molecule has 0 saturated carbocycles. The van der Waals surface area contributed by atoms with Gasteiger partial charge in [0.25, 0.3) is 0 Å². The van der Waals surface area contributed by atoms with Crippen molar-refractivity contribution in [3.8, 4) is 0 Å². The molecule has 1 aliphatic heterocycles. The van der Waals surface area contributed by atoms with Gasteiger partial charge in [-0.15, -0.1) is 0 Å². The first-order valence-corrected chi connectivity index (χ1v) is 7.40. The highest BCUT2D eigenvalue weighted by atomic mass is 16.5. The van der Waals surface area contributed by atoms with Gasteiger partial charge in [0.15, 0.2) is 0 Å². The number of rotatable bonds is 4. The Morgan fingerprint density at radius 1 is 1.42 bits per heavy atom. The second-order valence-electron chi connectivity index (χ2n) is 5.98. The summed E-state index contributed by atoms with van der Waals surface area (Å²) in [6.45, 7) is 0.914. The van der Waals surface area contributed by atoms with Crippen molar-refractivity contribution in [3.63, 3.8) is 0 Å². The van der Waals surface area contributed by atoms with Gasteiger partial charge in [-0.3, -0.25) is 0 Å². The molecule has 104 valence electrons. The molecule has 3 nitrogen and oxygen atoms in total. The van der Waals surface area contributed by atoms with Crippen molar-refractivity contribution in [3.05, 3.63) is 29.3 Å². The predicted molar refractivity (Wildman–Crippen MR) is 75.9 cm³/mol. The number of fused-ring (bicyclic) bond motifs is 1. The number of ether oxygens (including phenoxy) is 1. The standard InChI is InChI=1S/C16H23NO2/c17-13-5-6-15-12(11-13)7-9-16(15,18)8-1-3-14-4-2-10-19-14/h5-6,11,14,18H,1-4,7-10,17H2. The molecule has 0 radical (unpaired) electrons. The van der Waals surface area contributed by atoms with E-state index in [4.69, 9.17) is 10.5 Å². The molecule has 3 rings (SSSR count). The van der Waals surface area contributed by atoms with Gasteiger partial charge < -0.3 is 15.6 Å². The third kappa shape index (κ3) is 2.63. The van der Waals surface area contributed by atoms with Crippen LogP contribution in [0.25, 0.3) is 0 Å². The fraction of sp³-hybridized carbons (Fsp3) is 0.625. The molecular formula is C16H23NO2. The molecule has 0 aromatic heterocycles. The molecule has 1 aromatic carbocycles. The lowest BCUT2D eigenvalue weighted by Gasteiger charge is -2.24. The molecule has 2 aliphatic rings. The van der Waals surface area contributed by atoms with Crippen molar-refractivity contribution in [2.45, 2.75) is 56.7 Å². The third-order valence-electron chi connectivity index (χ3n) is 4.58. The first kappa shape index (κ1) is 12.9. The van der Waals surface area contributed by atoms with Crippen molar-refractivity contribution in [2.75, 3.05) is 12.3 Å². The van der Waals surface area contributed by atoms with Crippen molar-refractivity contribution in [1.82, 2.24) is 0 Å². The van der Waals surface area contributed by atoms with Crippen LogP contribution in [0.2, 0.25) is 0 Å². The van der Waals surface area contributed by atoms with Crippen molar-refractivity contribution in [2.24, 2.45) is 0 Å². The number of nitrogen functional groups attached to an aromatic ring is 1.